The van der Waals surface area contributed by atoms with E-state index in [1.54, 1.807) is 6.07 Å². The minimum absolute atomic E-state index is 0.0794. The Hall–Kier alpha value is -0.890. The molecule has 0 bridgehead atoms. The average Bonchev–Trinajstić information content (AvgIpc) is 2.25. The molecule has 0 saturated carbocycles. The maximum atomic E-state index is 13.4. The lowest BCUT2D eigenvalue weighted by Crippen LogP contribution is -2.37. The van der Waals surface area contributed by atoms with Crippen LogP contribution in [0, 0.1) is 11.2 Å². The molecule has 1 nitrogen and oxygen atoms in total. The van der Waals surface area contributed by atoms with E-state index in [-0.39, 0.29) is 11.2 Å². The van der Waals surface area contributed by atoms with Crippen molar-refractivity contribution in [2.24, 2.45) is 5.41 Å². The predicted octanol–water partition coefficient (Wildman–Crippen LogP) is 3.78. The van der Waals surface area contributed by atoms with E-state index in [0.717, 1.165) is 24.8 Å². The SMILES string of the molecule is CNC(CCCc1ccccc1F)C(C)(C)C. The van der Waals surface area contributed by atoms with Gasteiger partial charge >= 0.3 is 0 Å². The first-order chi connectivity index (χ1) is 7.95. The first kappa shape index (κ1) is 14.2. The Kier molecular flexibility index (Phi) is 5.13. The van der Waals surface area contributed by atoms with Gasteiger partial charge in [0.2, 0.25) is 0 Å². The van der Waals surface area contributed by atoms with E-state index in [1.807, 2.05) is 19.2 Å². The third-order valence-corrected chi connectivity index (χ3v) is 3.29. The van der Waals surface area contributed by atoms with Gasteiger partial charge in [0.25, 0.3) is 0 Å². The summed E-state index contributed by atoms with van der Waals surface area (Å²) in [5, 5.41) is 3.35. The summed E-state index contributed by atoms with van der Waals surface area (Å²) < 4.78 is 13.4. The molecule has 0 fully saturated rings. The van der Waals surface area contributed by atoms with Crippen molar-refractivity contribution in [3.63, 3.8) is 0 Å². The lowest BCUT2D eigenvalue weighted by atomic mass is 9.83. The van der Waals surface area contributed by atoms with Crippen LogP contribution in [-0.4, -0.2) is 13.1 Å². The zero-order chi connectivity index (χ0) is 12.9. The minimum atomic E-state index is -0.0794. The molecule has 17 heavy (non-hydrogen) atoms. The van der Waals surface area contributed by atoms with Crippen molar-refractivity contribution in [2.45, 2.75) is 46.1 Å². The van der Waals surface area contributed by atoms with E-state index in [4.69, 9.17) is 0 Å². The van der Waals surface area contributed by atoms with Gasteiger partial charge in [0, 0.05) is 6.04 Å². The Morgan fingerprint density at radius 1 is 1.24 bits per heavy atom. The van der Waals surface area contributed by atoms with Crippen LogP contribution < -0.4 is 5.32 Å². The summed E-state index contributed by atoms with van der Waals surface area (Å²) in [4.78, 5) is 0. The molecule has 2 heteroatoms. The molecule has 1 unspecified atom stereocenters. The van der Waals surface area contributed by atoms with Crippen molar-refractivity contribution in [1.82, 2.24) is 5.32 Å². The van der Waals surface area contributed by atoms with Crippen LogP contribution in [0.5, 0.6) is 0 Å². The van der Waals surface area contributed by atoms with Crippen LogP contribution in [0.25, 0.3) is 0 Å². The number of hydrogen-bond acceptors (Lipinski definition) is 1. The number of rotatable bonds is 5. The van der Waals surface area contributed by atoms with Crippen LogP contribution in [0.1, 0.15) is 39.2 Å². The van der Waals surface area contributed by atoms with E-state index in [9.17, 15) is 4.39 Å². The number of hydrogen-bond donors (Lipinski definition) is 1. The second-order valence-electron chi connectivity index (χ2n) is 5.69. The molecule has 96 valence electrons. The number of benzene rings is 1. The zero-order valence-corrected chi connectivity index (χ0v) is 11.4. The van der Waals surface area contributed by atoms with Gasteiger partial charge in [-0.3, -0.25) is 0 Å². The standard InChI is InChI=1S/C15H24FN/c1-15(2,3)14(17-4)11-7-9-12-8-5-6-10-13(12)16/h5-6,8,10,14,17H,7,9,11H2,1-4H3. The quantitative estimate of drug-likeness (QED) is 0.821. The molecule has 0 heterocycles. The van der Waals surface area contributed by atoms with Gasteiger partial charge in [-0.15, -0.1) is 0 Å². The normalized spacial score (nSPS) is 13.7. The smallest absolute Gasteiger partial charge is 0.126 e. The van der Waals surface area contributed by atoms with Crippen LogP contribution in [0.2, 0.25) is 0 Å². The van der Waals surface area contributed by atoms with Crippen molar-refractivity contribution < 1.29 is 4.39 Å². The summed E-state index contributed by atoms with van der Waals surface area (Å²) in [5.41, 5.74) is 1.08. The lowest BCUT2D eigenvalue weighted by Gasteiger charge is -2.30. The highest BCUT2D eigenvalue weighted by Crippen LogP contribution is 2.23. The fourth-order valence-corrected chi connectivity index (χ4v) is 2.21. The largest absolute Gasteiger partial charge is 0.316 e. The topological polar surface area (TPSA) is 12.0 Å². The van der Waals surface area contributed by atoms with Crippen LogP contribution in [-0.2, 0) is 6.42 Å². The monoisotopic (exact) mass is 237 g/mol. The Morgan fingerprint density at radius 2 is 1.88 bits per heavy atom. The lowest BCUT2D eigenvalue weighted by molar-refractivity contribution is 0.263. The van der Waals surface area contributed by atoms with Crippen molar-refractivity contribution in [3.8, 4) is 0 Å². The summed E-state index contributed by atoms with van der Waals surface area (Å²) in [6.45, 7) is 6.70. The summed E-state index contributed by atoms with van der Waals surface area (Å²) in [7, 11) is 2.00. The molecule has 1 N–H and O–H groups in total. The molecule has 0 aromatic heterocycles. The highest BCUT2D eigenvalue weighted by atomic mass is 19.1. The van der Waals surface area contributed by atoms with E-state index in [2.05, 4.69) is 26.1 Å². The van der Waals surface area contributed by atoms with Gasteiger partial charge in [0.1, 0.15) is 5.82 Å². The van der Waals surface area contributed by atoms with Crippen molar-refractivity contribution >= 4 is 0 Å². The number of nitrogens with one attached hydrogen (secondary N) is 1. The predicted molar refractivity (Wildman–Crippen MR) is 71.6 cm³/mol. The summed E-state index contributed by atoms with van der Waals surface area (Å²) in [6.07, 6.45) is 2.92. The third-order valence-electron chi connectivity index (χ3n) is 3.29. The molecular formula is C15H24FN. The molecule has 0 amide bonds. The van der Waals surface area contributed by atoms with Gasteiger partial charge in [-0.2, -0.15) is 0 Å². The Morgan fingerprint density at radius 3 is 2.41 bits per heavy atom. The van der Waals surface area contributed by atoms with Crippen LogP contribution in [0.15, 0.2) is 24.3 Å². The summed E-state index contributed by atoms with van der Waals surface area (Å²) in [5.74, 6) is -0.0794. The molecule has 1 aromatic rings. The summed E-state index contributed by atoms with van der Waals surface area (Å²) >= 11 is 0. The van der Waals surface area contributed by atoms with Crippen LogP contribution >= 0.6 is 0 Å². The van der Waals surface area contributed by atoms with Gasteiger partial charge in [-0.25, -0.2) is 4.39 Å². The zero-order valence-electron chi connectivity index (χ0n) is 11.4. The molecular weight excluding hydrogens is 213 g/mol. The van der Waals surface area contributed by atoms with Gasteiger partial charge in [-0.05, 0) is 43.4 Å². The molecule has 1 rings (SSSR count). The van der Waals surface area contributed by atoms with Crippen molar-refractivity contribution in [3.05, 3.63) is 35.6 Å². The molecule has 1 atom stereocenters. The number of aryl methyl sites for hydroxylation is 1. The van der Waals surface area contributed by atoms with Crippen molar-refractivity contribution in [2.75, 3.05) is 7.05 Å². The molecule has 0 spiro atoms. The van der Waals surface area contributed by atoms with Gasteiger partial charge < -0.3 is 5.32 Å². The Bertz CT molecular complexity index is 341. The number of halogens is 1. The molecule has 1 aromatic carbocycles. The molecule has 0 aliphatic rings. The van der Waals surface area contributed by atoms with Gasteiger partial charge in [0.15, 0.2) is 0 Å². The van der Waals surface area contributed by atoms with E-state index < -0.39 is 0 Å². The Labute approximate surface area is 104 Å². The second-order valence-corrected chi connectivity index (χ2v) is 5.69. The van der Waals surface area contributed by atoms with Gasteiger partial charge in [0.05, 0.1) is 0 Å². The third kappa shape index (κ3) is 4.47. The maximum absolute atomic E-state index is 13.4. The first-order valence-electron chi connectivity index (χ1n) is 6.36. The fraction of sp³-hybridized carbons (Fsp3) is 0.600. The van der Waals surface area contributed by atoms with E-state index in [1.165, 1.54) is 6.07 Å². The van der Waals surface area contributed by atoms with Crippen LogP contribution in [0.4, 0.5) is 4.39 Å². The second kappa shape index (κ2) is 6.15. The van der Waals surface area contributed by atoms with Crippen LogP contribution in [0.3, 0.4) is 0 Å². The molecule has 0 aliphatic heterocycles. The Balaban J connectivity index is 2.45. The van der Waals surface area contributed by atoms with E-state index >= 15 is 0 Å². The maximum Gasteiger partial charge on any atom is 0.126 e. The molecule has 0 saturated heterocycles. The van der Waals surface area contributed by atoms with Crippen molar-refractivity contribution in [1.29, 1.82) is 0 Å². The minimum Gasteiger partial charge on any atom is -0.316 e. The first-order valence-corrected chi connectivity index (χ1v) is 6.36. The van der Waals surface area contributed by atoms with E-state index in [0.29, 0.717) is 6.04 Å². The summed E-state index contributed by atoms with van der Waals surface area (Å²) in [6, 6.07) is 7.53. The average molecular weight is 237 g/mol. The molecule has 0 aliphatic carbocycles. The molecule has 0 radical (unpaired) electrons. The highest BCUT2D eigenvalue weighted by Gasteiger charge is 2.22. The highest BCUT2D eigenvalue weighted by molar-refractivity contribution is 5.17. The fourth-order valence-electron chi connectivity index (χ4n) is 2.21. The van der Waals surface area contributed by atoms with Gasteiger partial charge in [-0.1, -0.05) is 39.0 Å².